The Labute approximate surface area is 215 Å². The van der Waals surface area contributed by atoms with E-state index >= 15 is 4.39 Å². The molecule has 5 rings (SSSR count). The van der Waals surface area contributed by atoms with E-state index in [1.54, 1.807) is 6.07 Å². The van der Waals surface area contributed by atoms with Gasteiger partial charge < -0.3 is 19.3 Å². The number of nitrogens with zero attached hydrogens (tertiary/aromatic N) is 1. The van der Waals surface area contributed by atoms with Crippen molar-refractivity contribution in [1.29, 1.82) is 0 Å². The zero-order chi connectivity index (χ0) is 25.0. The summed E-state index contributed by atoms with van der Waals surface area (Å²) >= 11 is -1.23. The predicted octanol–water partition coefficient (Wildman–Crippen LogP) is 4.03. The summed E-state index contributed by atoms with van der Waals surface area (Å²) in [6, 6.07) is 15.1. The maximum Gasteiger partial charge on any atom is 0.230 e. The van der Waals surface area contributed by atoms with E-state index in [1.165, 1.54) is 6.07 Å². The topological polar surface area (TPSA) is 73.9 Å². The number of carbonyl (C=O) groups excluding carboxylic acids is 1. The number of amides is 1. The molecule has 194 valence electrons. The number of rotatable bonds is 7. The molecule has 2 unspecified atom stereocenters. The van der Waals surface area contributed by atoms with E-state index in [0.29, 0.717) is 62.8 Å². The molecule has 3 aliphatic heterocycles. The van der Waals surface area contributed by atoms with Crippen LogP contribution in [-0.4, -0.2) is 54.3 Å². The molecule has 8 heteroatoms. The van der Waals surface area contributed by atoms with Crippen molar-refractivity contribution < 1.29 is 23.2 Å². The number of hydrogen-bond acceptors (Lipinski definition) is 5. The zero-order valence-electron chi connectivity index (χ0n) is 20.6. The summed E-state index contributed by atoms with van der Waals surface area (Å²) in [5, 5.41) is 3.05. The van der Waals surface area contributed by atoms with Crippen LogP contribution < -0.4 is 5.32 Å². The molecule has 36 heavy (non-hydrogen) atoms. The first-order valence-corrected chi connectivity index (χ1v) is 14.2. The lowest BCUT2D eigenvalue weighted by Gasteiger charge is -2.37. The van der Waals surface area contributed by atoms with E-state index in [0.717, 1.165) is 31.4 Å². The Morgan fingerprint density at radius 3 is 2.64 bits per heavy atom. The number of hydrogen-bond donors (Lipinski definition) is 1. The minimum Gasteiger partial charge on any atom is -0.597 e. The summed E-state index contributed by atoms with van der Waals surface area (Å²) in [5.74, 6) is -0.0861. The molecule has 3 aliphatic rings. The van der Waals surface area contributed by atoms with E-state index in [-0.39, 0.29) is 23.5 Å². The van der Waals surface area contributed by atoms with Crippen molar-refractivity contribution in [2.45, 2.75) is 49.3 Å². The second kappa shape index (κ2) is 11.6. The van der Waals surface area contributed by atoms with Crippen LogP contribution in [0.4, 0.5) is 4.39 Å². The first-order valence-electron chi connectivity index (χ1n) is 13.0. The van der Waals surface area contributed by atoms with Crippen molar-refractivity contribution in [2.24, 2.45) is 5.92 Å². The van der Waals surface area contributed by atoms with Crippen molar-refractivity contribution in [3.05, 3.63) is 71.0 Å². The molecule has 0 spiro atoms. The van der Waals surface area contributed by atoms with Crippen LogP contribution in [0.1, 0.15) is 54.0 Å². The van der Waals surface area contributed by atoms with Crippen molar-refractivity contribution in [2.75, 3.05) is 39.5 Å². The highest BCUT2D eigenvalue weighted by atomic mass is 32.2. The third kappa shape index (κ3) is 5.48. The van der Waals surface area contributed by atoms with Gasteiger partial charge in [0.2, 0.25) is 5.91 Å². The van der Waals surface area contributed by atoms with E-state index in [4.69, 9.17) is 9.47 Å². The lowest BCUT2D eigenvalue weighted by Crippen LogP contribution is -2.49. The molecule has 0 aliphatic carbocycles. The summed E-state index contributed by atoms with van der Waals surface area (Å²) < 4.78 is 41.6. The Morgan fingerprint density at radius 2 is 1.92 bits per heavy atom. The van der Waals surface area contributed by atoms with E-state index in [2.05, 4.69) is 5.32 Å². The maximum atomic E-state index is 15.5. The minimum absolute atomic E-state index is 0.0623. The van der Waals surface area contributed by atoms with Gasteiger partial charge in [0.25, 0.3) is 0 Å². The van der Waals surface area contributed by atoms with Gasteiger partial charge in [-0.25, -0.2) is 4.39 Å². The Kier molecular flexibility index (Phi) is 8.28. The maximum absolute atomic E-state index is 15.5. The monoisotopic (exact) mass is 514 g/mol. The molecule has 6 nitrogen and oxygen atoms in total. The first kappa shape index (κ1) is 25.7. The van der Waals surface area contributed by atoms with Gasteiger partial charge in [0.1, 0.15) is 5.82 Å². The molecule has 0 radical (unpaired) electrons. The van der Waals surface area contributed by atoms with Crippen LogP contribution in [0.25, 0.3) is 0 Å². The van der Waals surface area contributed by atoms with Crippen LogP contribution in [0, 0.1) is 11.7 Å². The highest BCUT2D eigenvalue weighted by molar-refractivity contribution is 7.89. The number of nitrogens with one attached hydrogen (secondary N) is 1. The largest absolute Gasteiger partial charge is 0.597 e. The standard InChI is InChI=1S/C28H35FN2O4S/c29-25-17-24(28(11-15-34-16-12-28)27(32)30-18-21-10-14-35-20-21)9-8-23(25)19-31-13-4-7-26(36(31)33)22-5-2-1-3-6-22/h1-3,5-6,8-9,17,21,26H,4,7,10-16,18-20H2,(H,30,32)/t21?,26-,36?/m1/s1. The van der Waals surface area contributed by atoms with Gasteiger partial charge in [-0.15, -0.1) is 4.31 Å². The fraction of sp³-hybridized carbons (Fsp3) is 0.536. The molecular formula is C28H35FN2O4S. The summed E-state index contributed by atoms with van der Waals surface area (Å²) in [4.78, 5) is 13.4. The Morgan fingerprint density at radius 1 is 1.11 bits per heavy atom. The Bertz CT molecular complexity index is 1030. The number of ether oxygens (including phenoxy) is 2. The van der Waals surface area contributed by atoms with Gasteiger partial charge in [-0.2, -0.15) is 0 Å². The number of benzene rings is 2. The van der Waals surface area contributed by atoms with Gasteiger partial charge in [-0.3, -0.25) is 4.79 Å². The fourth-order valence-electron chi connectivity index (χ4n) is 5.60. The predicted molar refractivity (Wildman–Crippen MR) is 137 cm³/mol. The van der Waals surface area contributed by atoms with Gasteiger partial charge in [0.15, 0.2) is 5.25 Å². The second-order valence-corrected chi connectivity index (χ2v) is 11.8. The fourth-order valence-corrected chi connectivity index (χ4v) is 7.29. The molecule has 3 heterocycles. The van der Waals surface area contributed by atoms with Crippen molar-refractivity contribution in [3.8, 4) is 0 Å². The highest BCUT2D eigenvalue weighted by Crippen LogP contribution is 2.38. The molecule has 0 bridgehead atoms. The number of halogens is 1. The van der Waals surface area contributed by atoms with Gasteiger partial charge >= 0.3 is 0 Å². The Hall–Kier alpha value is -1.97. The lowest BCUT2D eigenvalue weighted by atomic mass is 9.73. The van der Waals surface area contributed by atoms with Gasteiger partial charge in [0.05, 0.1) is 18.6 Å². The van der Waals surface area contributed by atoms with Crippen LogP contribution >= 0.6 is 0 Å². The molecule has 3 fully saturated rings. The molecule has 3 saturated heterocycles. The lowest BCUT2D eigenvalue weighted by molar-refractivity contribution is -0.130. The average Bonchev–Trinajstić information content (AvgIpc) is 3.44. The third-order valence-electron chi connectivity index (χ3n) is 7.85. The minimum atomic E-state index is -1.23. The van der Waals surface area contributed by atoms with Crippen molar-refractivity contribution in [3.63, 3.8) is 0 Å². The quantitative estimate of drug-likeness (QED) is 0.565. The zero-order valence-corrected chi connectivity index (χ0v) is 21.4. The van der Waals surface area contributed by atoms with E-state index in [1.807, 2.05) is 40.7 Å². The average molecular weight is 515 g/mol. The SMILES string of the molecule is O=C(NCC1CCOC1)C1(c2ccc(CN3CCC[C@H](c4ccccc4)[S+]3[O-])c(F)c2)CCOCC1. The third-order valence-corrected chi connectivity index (χ3v) is 9.67. The van der Waals surface area contributed by atoms with Gasteiger partial charge in [0, 0.05) is 67.7 Å². The van der Waals surface area contributed by atoms with Crippen LogP contribution in [0.15, 0.2) is 48.5 Å². The molecule has 0 aromatic heterocycles. The molecular weight excluding hydrogens is 479 g/mol. The highest BCUT2D eigenvalue weighted by Gasteiger charge is 2.42. The summed E-state index contributed by atoms with van der Waals surface area (Å²) in [5.41, 5.74) is 1.46. The summed E-state index contributed by atoms with van der Waals surface area (Å²) in [6.07, 6.45) is 3.77. The number of carbonyl (C=O) groups is 1. The van der Waals surface area contributed by atoms with Crippen molar-refractivity contribution in [1.82, 2.24) is 9.62 Å². The van der Waals surface area contributed by atoms with Gasteiger partial charge in [-0.1, -0.05) is 42.5 Å². The van der Waals surface area contributed by atoms with Crippen LogP contribution in [0.5, 0.6) is 0 Å². The molecule has 2 aromatic rings. The molecule has 0 saturated carbocycles. The molecule has 1 N–H and O–H groups in total. The second-order valence-electron chi connectivity index (χ2n) is 10.1. The van der Waals surface area contributed by atoms with Gasteiger partial charge in [-0.05, 0) is 37.3 Å². The Balaban J connectivity index is 1.31. The van der Waals surface area contributed by atoms with Crippen molar-refractivity contribution >= 4 is 17.3 Å². The van der Waals surface area contributed by atoms with E-state index in [9.17, 15) is 9.35 Å². The van der Waals surface area contributed by atoms with E-state index < -0.39 is 16.8 Å². The first-order chi connectivity index (χ1) is 17.6. The van der Waals surface area contributed by atoms with Crippen LogP contribution in [0.3, 0.4) is 0 Å². The molecule has 3 atom stereocenters. The summed E-state index contributed by atoms with van der Waals surface area (Å²) in [6.45, 7) is 3.87. The van der Waals surface area contributed by atoms with Crippen LogP contribution in [0.2, 0.25) is 0 Å². The smallest absolute Gasteiger partial charge is 0.230 e. The summed E-state index contributed by atoms with van der Waals surface area (Å²) in [7, 11) is 0. The van der Waals surface area contributed by atoms with Crippen LogP contribution in [-0.2, 0) is 37.6 Å². The molecule has 1 amide bonds. The molecule has 2 aromatic carbocycles. The normalized spacial score (nSPS) is 26.6.